The summed E-state index contributed by atoms with van der Waals surface area (Å²) in [6, 6.07) is 2.93. The first-order chi connectivity index (χ1) is 6.93. The molecule has 0 spiro atoms. The third-order valence-electron chi connectivity index (χ3n) is 1.50. The second-order valence-electron chi connectivity index (χ2n) is 2.64. The molecule has 0 aliphatic rings. The Morgan fingerprint density at radius 1 is 1.53 bits per heavy atom. The van der Waals surface area contributed by atoms with Crippen molar-refractivity contribution in [1.82, 2.24) is 0 Å². The monoisotopic (exact) mass is 268 g/mol. The van der Waals surface area contributed by atoms with E-state index in [1.165, 1.54) is 6.07 Å². The van der Waals surface area contributed by atoms with Gasteiger partial charge in [-0.25, -0.2) is 8.42 Å². The van der Waals surface area contributed by atoms with Crippen LogP contribution < -0.4 is 0 Å². The summed E-state index contributed by atoms with van der Waals surface area (Å²) in [6.45, 7) is 2.02. The van der Waals surface area contributed by atoms with Gasteiger partial charge in [-0.2, -0.15) is 0 Å². The summed E-state index contributed by atoms with van der Waals surface area (Å²) in [5.41, 5.74) is 0. The highest BCUT2D eigenvalue weighted by atomic mass is 35.7. The van der Waals surface area contributed by atoms with Crippen molar-refractivity contribution < 1.29 is 17.9 Å². The SMILES string of the molecule is CCOC(=O)Cc1ccc(S(=O)(=O)Cl)s1. The van der Waals surface area contributed by atoms with E-state index >= 15 is 0 Å². The van der Waals surface area contributed by atoms with Crippen LogP contribution in [0.5, 0.6) is 0 Å². The third-order valence-corrected chi connectivity index (χ3v) is 4.68. The van der Waals surface area contributed by atoms with Gasteiger partial charge in [-0.1, -0.05) is 0 Å². The second-order valence-corrected chi connectivity index (χ2v) is 6.60. The Labute approximate surface area is 96.2 Å². The van der Waals surface area contributed by atoms with Gasteiger partial charge >= 0.3 is 5.97 Å². The molecule has 0 bridgehead atoms. The van der Waals surface area contributed by atoms with Crippen LogP contribution in [-0.2, 0) is 25.0 Å². The van der Waals surface area contributed by atoms with Crippen molar-refractivity contribution in [1.29, 1.82) is 0 Å². The molecule has 0 amide bonds. The fourth-order valence-electron chi connectivity index (χ4n) is 0.939. The van der Waals surface area contributed by atoms with Crippen molar-refractivity contribution in [2.75, 3.05) is 6.61 Å². The molecule has 0 radical (unpaired) electrons. The van der Waals surface area contributed by atoms with E-state index in [2.05, 4.69) is 0 Å². The lowest BCUT2D eigenvalue weighted by atomic mass is 10.3. The minimum atomic E-state index is -3.69. The molecule has 1 rings (SSSR count). The summed E-state index contributed by atoms with van der Waals surface area (Å²) < 4.78 is 26.6. The number of carbonyl (C=O) groups is 1. The Hall–Kier alpha value is -0.590. The van der Waals surface area contributed by atoms with Gasteiger partial charge in [0.15, 0.2) is 0 Å². The molecular weight excluding hydrogens is 260 g/mol. The van der Waals surface area contributed by atoms with Crippen LogP contribution in [0.15, 0.2) is 16.3 Å². The van der Waals surface area contributed by atoms with Crippen LogP contribution in [0.4, 0.5) is 0 Å². The highest BCUT2D eigenvalue weighted by Crippen LogP contribution is 2.25. The molecule has 15 heavy (non-hydrogen) atoms. The molecule has 0 aliphatic heterocycles. The molecule has 0 atom stereocenters. The zero-order chi connectivity index (χ0) is 11.5. The van der Waals surface area contributed by atoms with Crippen molar-refractivity contribution in [3.05, 3.63) is 17.0 Å². The molecule has 0 N–H and O–H groups in total. The number of halogens is 1. The second kappa shape index (κ2) is 4.96. The van der Waals surface area contributed by atoms with Gasteiger partial charge < -0.3 is 4.74 Å². The first-order valence-electron chi connectivity index (χ1n) is 4.12. The van der Waals surface area contributed by atoms with Crippen molar-refractivity contribution in [2.45, 2.75) is 17.6 Å². The number of carbonyl (C=O) groups excluding carboxylic acids is 1. The van der Waals surface area contributed by atoms with Gasteiger partial charge in [-0.05, 0) is 19.1 Å². The summed E-state index contributed by atoms with van der Waals surface area (Å²) >= 11 is 0.973. The van der Waals surface area contributed by atoms with E-state index in [9.17, 15) is 13.2 Å². The summed E-state index contributed by atoms with van der Waals surface area (Å²) in [5, 5.41) is 0. The number of esters is 1. The molecule has 0 saturated heterocycles. The molecule has 1 aromatic rings. The molecule has 1 heterocycles. The van der Waals surface area contributed by atoms with Crippen molar-refractivity contribution >= 4 is 37.0 Å². The molecule has 0 aliphatic carbocycles. The van der Waals surface area contributed by atoms with Gasteiger partial charge in [0, 0.05) is 15.6 Å². The average Bonchev–Trinajstić information content (AvgIpc) is 2.52. The van der Waals surface area contributed by atoms with Crippen LogP contribution in [0.2, 0.25) is 0 Å². The molecule has 84 valence electrons. The predicted octanol–water partition coefficient (Wildman–Crippen LogP) is 1.78. The number of thiophene rings is 1. The maximum absolute atomic E-state index is 11.1. The van der Waals surface area contributed by atoms with E-state index in [-0.39, 0.29) is 16.6 Å². The molecule has 0 fully saturated rings. The minimum Gasteiger partial charge on any atom is -0.466 e. The van der Waals surface area contributed by atoms with Crippen molar-refractivity contribution in [2.24, 2.45) is 0 Å². The minimum absolute atomic E-state index is 0.0449. The number of rotatable bonds is 4. The summed E-state index contributed by atoms with van der Waals surface area (Å²) in [7, 11) is 1.44. The normalized spacial score (nSPS) is 11.3. The lowest BCUT2D eigenvalue weighted by Crippen LogP contribution is -2.06. The molecule has 4 nitrogen and oxygen atoms in total. The lowest BCUT2D eigenvalue weighted by molar-refractivity contribution is -0.142. The van der Waals surface area contributed by atoms with Crippen molar-refractivity contribution in [3.63, 3.8) is 0 Å². The lowest BCUT2D eigenvalue weighted by Gasteiger charge is -1.98. The fourth-order valence-corrected chi connectivity index (χ4v) is 3.05. The molecule has 0 saturated carbocycles. The Kier molecular flexibility index (Phi) is 4.12. The first-order valence-corrected chi connectivity index (χ1v) is 7.25. The zero-order valence-corrected chi connectivity index (χ0v) is 10.3. The van der Waals surface area contributed by atoms with Crippen LogP contribution in [0.25, 0.3) is 0 Å². The standard InChI is InChI=1S/C8H9ClO4S2/c1-2-13-7(10)5-6-3-4-8(14-6)15(9,11)12/h3-4H,2,5H2,1H3. The van der Waals surface area contributed by atoms with E-state index in [1.54, 1.807) is 13.0 Å². The van der Waals surface area contributed by atoms with Crippen molar-refractivity contribution in [3.8, 4) is 0 Å². The van der Waals surface area contributed by atoms with Crippen LogP contribution in [0, 0.1) is 0 Å². The predicted molar refractivity (Wildman–Crippen MR) is 57.7 cm³/mol. The molecule has 1 aromatic heterocycles. The van der Waals surface area contributed by atoms with Gasteiger partial charge in [-0.3, -0.25) is 4.79 Å². The summed E-state index contributed by atoms with van der Waals surface area (Å²) in [4.78, 5) is 11.7. The Balaban J connectivity index is 2.73. The number of hydrogen-bond donors (Lipinski definition) is 0. The highest BCUT2D eigenvalue weighted by Gasteiger charge is 2.14. The first kappa shape index (κ1) is 12.5. The molecule has 7 heteroatoms. The average molecular weight is 269 g/mol. The fraction of sp³-hybridized carbons (Fsp3) is 0.375. The maximum atomic E-state index is 11.1. The Morgan fingerprint density at radius 2 is 2.20 bits per heavy atom. The van der Waals surface area contributed by atoms with Gasteiger partial charge in [0.05, 0.1) is 13.0 Å². The number of ether oxygens (including phenoxy) is 1. The molecule has 0 aromatic carbocycles. The van der Waals surface area contributed by atoms with E-state index in [4.69, 9.17) is 15.4 Å². The quantitative estimate of drug-likeness (QED) is 0.617. The van der Waals surface area contributed by atoms with E-state index < -0.39 is 9.05 Å². The van der Waals surface area contributed by atoms with Gasteiger partial charge in [-0.15, -0.1) is 11.3 Å². The van der Waals surface area contributed by atoms with Crippen LogP contribution in [-0.4, -0.2) is 21.0 Å². The zero-order valence-electron chi connectivity index (χ0n) is 7.90. The van der Waals surface area contributed by atoms with E-state index in [1.807, 2.05) is 0 Å². The molecular formula is C8H9ClO4S2. The summed E-state index contributed by atoms with van der Waals surface area (Å²) in [6.07, 6.45) is 0.0743. The Bertz CT molecular complexity index is 449. The number of hydrogen-bond acceptors (Lipinski definition) is 5. The topological polar surface area (TPSA) is 60.4 Å². The summed E-state index contributed by atoms with van der Waals surface area (Å²) in [5.74, 6) is -0.377. The maximum Gasteiger partial charge on any atom is 0.311 e. The van der Waals surface area contributed by atoms with Gasteiger partial charge in [0.25, 0.3) is 9.05 Å². The third kappa shape index (κ3) is 3.81. The van der Waals surface area contributed by atoms with Crippen LogP contribution >= 0.6 is 22.0 Å². The molecule has 0 unspecified atom stereocenters. The van der Waals surface area contributed by atoms with E-state index in [0.29, 0.717) is 11.5 Å². The smallest absolute Gasteiger partial charge is 0.311 e. The largest absolute Gasteiger partial charge is 0.466 e. The Morgan fingerprint density at radius 3 is 2.67 bits per heavy atom. The van der Waals surface area contributed by atoms with E-state index in [0.717, 1.165) is 11.3 Å². The highest BCUT2D eigenvalue weighted by molar-refractivity contribution is 8.15. The van der Waals surface area contributed by atoms with Crippen LogP contribution in [0.1, 0.15) is 11.8 Å². The van der Waals surface area contributed by atoms with Gasteiger partial charge in [0.2, 0.25) is 0 Å². The van der Waals surface area contributed by atoms with Gasteiger partial charge in [0.1, 0.15) is 4.21 Å². The van der Waals surface area contributed by atoms with Crippen LogP contribution in [0.3, 0.4) is 0 Å².